The number of aliphatic carboxylic acids is 1. The van der Waals surface area contributed by atoms with Crippen LogP contribution in [0.1, 0.15) is 0 Å². The predicted molar refractivity (Wildman–Crippen MR) is 22.9 cm³/mol. The molecule has 0 aromatic heterocycles. The molecule has 0 bridgehead atoms. The van der Waals surface area contributed by atoms with E-state index < -0.39 is 24.3 Å². The van der Waals surface area contributed by atoms with Gasteiger partial charge in [-0.3, -0.25) is 0 Å². The Bertz CT molecular complexity index is 152. The molecule has 0 rings (SSSR count). The maximum atomic E-state index is 11.6. The van der Waals surface area contributed by atoms with Gasteiger partial charge in [-0.25, -0.2) is 13.6 Å². The van der Waals surface area contributed by atoms with E-state index in [9.17, 15) is 18.0 Å². The summed E-state index contributed by atoms with van der Waals surface area (Å²) in [6.45, 7) is -1.72. The van der Waals surface area contributed by atoms with Crippen LogP contribution in [0, 0.1) is 0 Å². The number of hydrogen-bond donors (Lipinski definition) is 1. The molecule has 0 heterocycles. The summed E-state index contributed by atoms with van der Waals surface area (Å²) in [6.07, 6.45) is 0. The van der Waals surface area contributed by atoms with Crippen LogP contribution in [0.2, 0.25) is 0 Å². The Kier molecular flexibility index (Phi) is 2.77. The fraction of sp³-hybridized carbons (Fsp3) is 0.250. The normalized spacial score (nSPS) is 12.8. The third-order valence-electron chi connectivity index (χ3n) is 0.543. The van der Waals surface area contributed by atoms with Crippen LogP contribution in [0.15, 0.2) is 11.7 Å². The van der Waals surface area contributed by atoms with Crippen molar-refractivity contribution >= 4 is 5.97 Å². The molecule has 0 fully saturated rings. The number of halogens is 3. The van der Waals surface area contributed by atoms with Gasteiger partial charge in [0.2, 0.25) is 5.83 Å². The summed E-state index contributed by atoms with van der Waals surface area (Å²) in [5, 5.41) is 7.64. The van der Waals surface area contributed by atoms with Crippen molar-refractivity contribution in [1.29, 1.82) is 0 Å². The molecule has 0 radical (unpaired) electrons. The molecule has 0 spiro atoms. The fourth-order valence-corrected chi connectivity index (χ4v) is 0.175. The number of rotatable bonds is 2. The molecular formula is C4H3F3O2. The molecule has 1 N–H and O–H groups in total. The zero-order valence-corrected chi connectivity index (χ0v) is 4.20. The quantitative estimate of drug-likeness (QED) is 0.585. The Morgan fingerprint density at radius 1 is 1.44 bits per heavy atom. The number of alkyl halides is 1. The average Bonchev–Trinajstić information content (AvgIpc) is 1.84. The highest BCUT2D eigenvalue weighted by Gasteiger charge is 2.12. The van der Waals surface area contributed by atoms with Crippen LogP contribution in [-0.2, 0) is 4.79 Å². The minimum atomic E-state index is -2.09. The molecule has 0 aliphatic rings. The lowest BCUT2D eigenvalue weighted by atomic mass is 10.5. The summed E-state index contributed by atoms with van der Waals surface area (Å²) in [5.41, 5.74) is 0. The van der Waals surface area contributed by atoms with Gasteiger partial charge in [0.15, 0.2) is 5.83 Å². The van der Waals surface area contributed by atoms with Crippen LogP contribution in [-0.4, -0.2) is 17.8 Å². The van der Waals surface area contributed by atoms with E-state index in [1.165, 1.54) is 0 Å². The van der Waals surface area contributed by atoms with Crippen molar-refractivity contribution in [2.24, 2.45) is 0 Å². The summed E-state index contributed by atoms with van der Waals surface area (Å²) in [7, 11) is 0. The summed E-state index contributed by atoms with van der Waals surface area (Å²) < 4.78 is 34.2. The highest BCUT2D eigenvalue weighted by Crippen LogP contribution is 2.07. The molecule has 0 saturated heterocycles. The van der Waals surface area contributed by atoms with Gasteiger partial charge in [-0.2, -0.15) is 4.39 Å². The third-order valence-corrected chi connectivity index (χ3v) is 0.543. The Hall–Kier alpha value is -1.00. The van der Waals surface area contributed by atoms with Gasteiger partial charge in [-0.15, -0.1) is 0 Å². The second-order valence-electron chi connectivity index (χ2n) is 1.16. The van der Waals surface area contributed by atoms with Gasteiger partial charge in [0.05, 0.1) is 0 Å². The van der Waals surface area contributed by atoms with Crippen molar-refractivity contribution in [2.45, 2.75) is 0 Å². The molecule has 0 aromatic rings. The van der Waals surface area contributed by atoms with Crippen molar-refractivity contribution in [3.05, 3.63) is 11.7 Å². The molecule has 0 aliphatic carbocycles. The number of allylic oxidation sites excluding steroid dienone is 1. The molecule has 9 heavy (non-hydrogen) atoms. The van der Waals surface area contributed by atoms with Crippen LogP contribution in [0.3, 0.4) is 0 Å². The number of carbonyl (C=O) groups is 1. The largest absolute Gasteiger partial charge is 0.476 e. The van der Waals surface area contributed by atoms with E-state index >= 15 is 0 Å². The van der Waals surface area contributed by atoms with Gasteiger partial charge in [0.1, 0.15) is 6.67 Å². The van der Waals surface area contributed by atoms with E-state index in [1.54, 1.807) is 0 Å². The molecule has 0 atom stereocenters. The van der Waals surface area contributed by atoms with Crippen LogP contribution in [0.4, 0.5) is 13.2 Å². The van der Waals surface area contributed by atoms with Crippen LogP contribution < -0.4 is 0 Å². The zero-order chi connectivity index (χ0) is 7.44. The van der Waals surface area contributed by atoms with E-state index in [-0.39, 0.29) is 0 Å². The van der Waals surface area contributed by atoms with Gasteiger partial charge < -0.3 is 5.11 Å². The lowest BCUT2D eigenvalue weighted by Crippen LogP contribution is -1.98. The van der Waals surface area contributed by atoms with Gasteiger partial charge in [-0.1, -0.05) is 0 Å². The van der Waals surface area contributed by atoms with E-state index in [1.807, 2.05) is 0 Å². The second-order valence-corrected chi connectivity index (χ2v) is 1.16. The maximum Gasteiger partial charge on any atom is 0.367 e. The highest BCUT2D eigenvalue weighted by molar-refractivity contribution is 5.84. The molecule has 5 heteroatoms. The van der Waals surface area contributed by atoms with Crippen LogP contribution >= 0.6 is 0 Å². The first-order valence-corrected chi connectivity index (χ1v) is 1.93. The minimum absolute atomic E-state index is 1.72. The van der Waals surface area contributed by atoms with Crippen LogP contribution in [0.5, 0.6) is 0 Å². The molecule has 2 nitrogen and oxygen atoms in total. The average molecular weight is 140 g/mol. The molecule has 0 unspecified atom stereocenters. The molecule has 0 aliphatic heterocycles. The van der Waals surface area contributed by atoms with Gasteiger partial charge >= 0.3 is 5.97 Å². The van der Waals surface area contributed by atoms with Gasteiger partial charge in [0.25, 0.3) is 0 Å². The topological polar surface area (TPSA) is 37.3 Å². The smallest absolute Gasteiger partial charge is 0.367 e. The molecular weight excluding hydrogens is 137 g/mol. The lowest BCUT2D eigenvalue weighted by molar-refractivity contribution is -0.134. The van der Waals surface area contributed by atoms with E-state index in [0.29, 0.717) is 0 Å². The van der Waals surface area contributed by atoms with Crippen molar-refractivity contribution in [1.82, 2.24) is 0 Å². The number of carboxylic acids is 1. The van der Waals surface area contributed by atoms with E-state index in [2.05, 4.69) is 0 Å². The molecule has 0 aromatic carbocycles. The van der Waals surface area contributed by atoms with Crippen LogP contribution in [0.25, 0.3) is 0 Å². The SMILES string of the molecule is O=C(O)/C(F)=C(\F)CF. The Morgan fingerprint density at radius 3 is 2.00 bits per heavy atom. The lowest BCUT2D eigenvalue weighted by Gasteiger charge is -1.87. The van der Waals surface area contributed by atoms with Crippen molar-refractivity contribution in [3.8, 4) is 0 Å². The standard InChI is InChI=1S/C4H3F3O2/c5-1-2(6)3(7)4(8)9/h1H2,(H,8,9)/b3-2+. The van der Waals surface area contributed by atoms with Crippen molar-refractivity contribution in [2.75, 3.05) is 6.67 Å². The Morgan fingerprint density at radius 2 is 1.89 bits per heavy atom. The molecule has 52 valence electrons. The van der Waals surface area contributed by atoms with E-state index in [4.69, 9.17) is 5.11 Å². The third kappa shape index (κ3) is 2.16. The first kappa shape index (κ1) is 8.00. The zero-order valence-electron chi connectivity index (χ0n) is 4.20. The van der Waals surface area contributed by atoms with E-state index in [0.717, 1.165) is 0 Å². The number of hydrogen-bond acceptors (Lipinski definition) is 1. The molecule has 0 amide bonds. The first-order chi connectivity index (χ1) is 4.09. The molecule has 0 saturated carbocycles. The van der Waals surface area contributed by atoms with Gasteiger partial charge in [0, 0.05) is 0 Å². The Labute approximate surface area is 48.6 Å². The van der Waals surface area contributed by atoms with Crippen molar-refractivity contribution in [3.63, 3.8) is 0 Å². The Balaban J connectivity index is 4.28. The van der Waals surface area contributed by atoms with Gasteiger partial charge in [-0.05, 0) is 0 Å². The summed E-state index contributed by atoms with van der Waals surface area (Å²) in [4.78, 5) is 9.46. The highest BCUT2D eigenvalue weighted by atomic mass is 19.2. The first-order valence-electron chi connectivity index (χ1n) is 1.93. The maximum absolute atomic E-state index is 11.6. The second kappa shape index (κ2) is 3.11. The predicted octanol–water partition coefficient (Wildman–Crippen LogP) is 1.19. The number of carboxylic acid groups (broad SMARTS) is 1. The fourth-order valence-electron chi connectivity index (χ4n) is 0.175. The summed E-state index contributed by atoms with van der Waals surface area (Å²) >= 11 is 0. The summed E-state index contributed by atoms with van der Waals surface area (Å²) in [6, 6.07) is 0. The summed E-state index contributed by atoms with van der Waals surface area (Å²) in [5.74, 6) is -6.05. The van der Waals surface area contributed by atoms with Crippen molar-refractivity contribution < 1.29 is 23.1 Å². The minimum Gasteiger partial charge on any atom is -0.476 e. The monoisotopic (exact) mass is 140 g/mol.